The zero-order valence-electron chi connectivity index (χ0n) is 24.3. The van der Waals surface area contributed by atoms with Crippen molar-refractivity contribution >= 4 is 27.1 Å². The molecule has 2 aromatic carbocycles. The minimum Gasteiger partial charge on any atom is -0.444 e. The van der Waals surface area contributed by atoms with Gasteiger partial charge in [-0.05, 0) is 65.3 Å². The topological polar surface area (TPSA) is 140 Å². The lowest BCUT2D eigenvalue weighted by molar-refractivity contribution is 0.0508. The molecule has 5 aromatic rings. The van der Waals surface area contributed by atoms with Crippen molar-refractivity contribution in [3.05, 3.63) is 72.6 Å². The number of hydrogen-bond acceptors (Lipinski definition) is 8. The molecule has 1 amide bonds. The average molecular weight is 588 g/mol. The van der Waals surface area contributed by atoms with Crippen molar-refractivity contribution in [1.82, 2.24) is 25.4 Å². The maximum atomic E-state index is 12.5. The van der Waals surface area contributed by atoms with E-state index in [4.69, 9.17) is 14.2 Å². The third-order valence-corrected chi connectivity index (χ3v) is 8.84. The van der Waals surface area contributed by atoms with Gasteiger partial charge in [0.2, 0.25) is 0 Å². The van der Waals surface area contributed by atoms with Crippen LogP contribution in [0.1, 0.15) is 53.1 Å². The summed E-state index contributed by atoms with van der Waals surface area (Å²) in [5.41, 5.74) is 4.94. The van der Waals surface area contributed by atoms with Gasteiger partial charge in [0.1, 0.15) is 16.8 Å². The van der Waals surface area contributed by atoms with Gasteiger partial charge >= 0.3 is 6.09 Å². The number of sulfone groups is 1. The highest BCUT2D eigenvalue weighted by Gasteiger charge is 2.21. The van der Waals surface area contributed by atoms with Gasteiger partial charge in [0, 0.05) is 23.4 Å². The van der Waals surface area contributed by atoms with Gasteiger partial charge in [0.15, 0.2) is 21.2 Å². The number of nitrogens with one attached hydrogen (secondary N) is 2. The van der Waals surface area contributed by atoms with E-state index in [9.17, 15) is 13.2 Å². The van der Waals surface area contributed by atoms with Crippen molar-refractivity contribution < 1.29 is 22.5 Å². The van der Waals surface area contributed by atoms with Crippen LogP contribution in [0.5, 0.6) is 0 Å². The fraction of sp³-hybridized carbons (Fsp3) is 0.290. The first-order valence-electron chi connectivity index (χ1n) is 13.6. The molecule has 0 fully saturated rings. The lowest BCUT2D eigenvalue weighted by Gasteiger charge is -2.22. The van der Waals surface area contributed by atoms with Gasteiger partial charge in [-0.1, -0.05) is 35.5 Å². The van der Waals surface area contributed by atoms with Gasteiger partial charge in [-0.15, -0.1) is 0 Å². The Morgan fingerprint density at radius 1 is 1.00 bits per heavy atom. The van der Waals surface area contributed by atoms with Crippen molar-refractivity contribution in [2.75, 3.05) is 0 Å². The number of fused-ring (bicyclic) bond motifs is 1. The van der Waals surface area contributed by atoms with Crippen LogP contribution in [0.2, 0.25) is 0 Å². The van der Waals surface area contributed by atoms with Gasteiger partial charge in [-0.3, -0.25) is 0 Å². The van der Waals surface area contributed by atoms with Gasteiger partial charge in [-0.25, -0.2) is 23.2 Å². The highest BCUT2D eigenvalue weighted by atomic mass is 32.2. The molecule has 0 saturated heterocycles. The molecule has 1 atom stereocenters. The molecule has 11 heteroatoms. The Balaban J connectivity index is 1.40. The summed E-state index contributed by atoms with van der Waals surface area (Å²) >= 11 is 0. The fourth-order valence-corrected chi connectivity index (χ4v) is 5.44. The zero-order chi connectivity index (χ0) is 30.2. The van der Waals surface area contributed by atoms with Crippen LogP contribution in [0.25, 0.3) is 45.0 Å². The second-order valence-electron chi connectivity index (χ2n) is 11.3. The van der Waals surface area contributed by atoms with Crippen LogP contribution in [0.4, 0.5) is 4.79 Å². The largest absolute Gasteiger partial charge is 0.444 e. The van der Waals surface area contributed by atoms with Gasteiger partial charge < -0.3 is 19.6 Å². The van der Waals surface area contributed by atoms with Gasteiger partial charge in [0.25, 0.3) is 0 Å². The van der Waals surface area contributed by atoms with Crippen LogP contribution < -0.4 is 5.32 Å². The number of alkyl carbamates (subject to hydrolysis) is 1. The number of ether oxygens (including phenoxy) is 1. The molecule has 1 unspecified atom stereocenters. The van der Waals surface area contributed by atoms with E-state index >= 15 is 0 Å². The highest BCUT2D eigenvalue weighted by Crippen LogP contribution is 2.32. The molecule has 0 aliphatic carbocycles. The first-order chi connectivity index (χ1) is 19.8. The Morgan fingerprint density at radius 3 is 2.43 bits per heavy atom. The van der Waals surface area contributed by atoms with E-state index in [1.165, 1.54) is 0 Å². The fourth-order valence-electron chi connectivity index (χ4n) is 4.38. The summed E-state index contributed by atoms with van der Waals surface area (Å²) in [6, 6.07) is 15.9. The normalized spacial score (nSPS) is 12.9. The van der Waals surface area contributed by atoms with Crippen molar-refractivity contribution in [3.63, 3.8) is 0 Å². The number of nitrogens with zero attached hydrogens (tertiary/aromatic N) is 3. The van der Waals surface area contributed by atoms with Crippen molar-refractivity contribution in [2.24, 2.45) is 0 Å². The monoisotopic (exact) mass is 587 g/mol. The Bertz CT molecular complexity index is 1850. The van der Waals surface area contributed by atoms with Crippen LogP contribution >= 0.6 is 0 Å². The number of aromatic nitrogens is 4. The molecule has 5 rings (SSSR count). The maximum absolute atomic E-state index is 12.5. The number of aromatic amines is 1. The summed E-state index contributed by atoms with van der Waals surface area (Å²) in [6.45, 7) is 10.7. The molecule has 3 heterocycles. The molecule has 10 nitrogen and oxygen atoms in total. The molecule has 0 aliphatic heterocycles. The SMILES string of the molecule is CC(NC(=O)OC(C)(C)C)c1cccc(-c2cc(-c3c[nH]c4ncc(-c5ccc(S(=O)(=O)C(C)C)cc5)nc34)on2)c1. The van der Waals surface area contributed by atoms with Crippen LogP contribution in [0.3, 0.4) is 0 Å². The summed E-state index contributed by atoms with van der Waals surface area (Å²) in [6.07, 6.45) is 2.92. The second kappa shape index (κ2) is 11.1. The smallest absolute Gasteiger partial charge is 0.408 e. The van der Waals surface area contributed by atoms with E-state index in [2.05, 4.69) is 20.4 Å². The lowest BCUT2D eigenvalue weighted by Crippen LogP contribution is -2.34. The summed E-state index contributed by atoms with van der Waals surface area (Å²) in [4.78, 5) is 24.9. The van der Waals surface area contributed by atoms with E-state index in [1.807, 2.05) is 58.0 Å². The third-order valence-electron chi connectivity index (χ3n) is 6.67. The van der Waals surface area contributed by atoms with Crippen molar-refractivity contribution in [3.8, 4) is 33.8 Å². The molecule has 0 saturated carbocycles. The number of carbonyl (C=O) groups is 1. The quantitative estimate of drug-likeness (QED) is 0.214. The molecular formula is C31H33N5O5S. The van der Waals surface area contributed by atoms with E-state index in [0.29, 0.717) is 33.9 Å². The number of hydrogen-bond donors (Lipinski definition) is 2. The molecule has 0 bridgehead atoms. The summed E-state index contributed by atoms with van der Waals surface area (Å²) in [5, 5.41) is 6.63. The van der Waals surface area contributed by atoms with Crippen LogP contribution in [0.15, 0.2) is 76.4 Å². The zero-order valence-corrected chi connectivity index (χ0v) is 25.1. The minimum absolute atomic E-state index is 0.269. The average Bonchev–Trinajstić information content (AvgIpc) is 3.59. The standard InChI is InChI=1S/C31H33N5O5S/c1-18(2)42(38,39)23-12-10-20(11-13-23)26-17-33-29-28(35-26)24(16-32-29)27-15-25(36-41-27)22-9-7-8-21(14-22)19(3)34-30(37)40-31(4,5)6/h7-19H,1-6H3,(H,32,33)(H,34,37). The summed E-state index contributed by atoms with van der Waals surface area (Å²) < 4.78 is 36.1. The van der Waals surface area contributed by atoms with E-state index in [0.717, 1.165) is 16.7 Å². The van der Waals surface area contributed by atoms with Crippen LogP contribution in [-0.2, 0) is 14.6 Å². The molecule has 2 N–H and O–H groups in total. The molecule has 0 radical (unpaired) electrons. The van der Waals surface area contributed by atoms with Crippen molar-refractivity contribution in [2.45, 2.75) is 63.3 Å². The summed E-state index contributed by atoms with van der Waals surface area (Å²) in [5.74, 6) is 0.506. The molecule has 218 valence electrons. The second-order valence-corrected chi connectivity index (χ2v) is 13.8. The van der Waals surface area contributed by atoms with E-state index in [1.54, 1.807) is 50.5 Å². The molecule has 3 aromatic heterocycles. The Hall–Kier alpha value is -4.51. The molecule has 42 heavy (non-hydrogen) atoms. The number of rotatable bonds is 7. The Morgan fingerprint density at radius 2 is 1.74 bits per heavy atom. The highest BCUT2D eigenvalue weighted by molar-refractivity contribution is 7.92. The number of benzene rings is 2. The first kappa shape index (κ1) is 29.0. The predicted octanol–water partition coefficient (Wildman–Crippen LogP) is 6.71. The maximum Gasteiger partial charge on any atom is 0.408 e. The van der Waals surface area contributed by atoms with Gasteiger partial charge in [-0.2, -0.15) is 0 Å². The number of H-pyrrole nitrogens is 1. The first-order valence-corrected chi connectivity index (χ1v) is 15.1. The molecular weight excluding hydrogens is 554 g/mol. The van der Waals surface area contributed by atoms with Crippen LogP contribution in [-0.4, -0.2) is 45.5 Å². The third kappa shape index (κ3) is 6.06. The van der Waals surface area contributed by atoms with Gasteiger partial charge in [0.05, 0.1) is 33.6 Å². The van der Waals surface area contributed by atoms with E-state index in [-0.39, 0.29) is 10.9 Å². The minimum atomic E-state index is -3.37. The summed E-state index contributed by atoms with van der Waals surface area (Å²) in [7, 11) is -3.37. The van der Waals surface area contributed by atoms with E-state index < -0.39 is 26.8 Å². The number of amides is 1. The molecule has 0 aliphatic rings. The predicted molar refractivity (Wildman–Crippen MR) is 160 cm³/mol. The Kier molecular flexibility index (Phi) is 7.63. The van der Waals surface area contributed by atoms with Crippen LogP contribution in [0, 0.1) is 0 Å². The van der Waals surface area contributed by atoms with Crippen molar-refractivity contribution in [1.29, 1.82) is 0 Å². The molecule has 0 spiro atoms. The Labute approximate surface area is 244 Å². The lowest BCUT2D eigenvalue weighted by atomic mass is 10.0. The number of carbonyl (C=O) groups excluding carboxylic acids is 1.